The first-order chi connectivity index (χ1) is 13.0. The zero-order valence-electron chi connectivity index (χ0n) is 15.3. The summed E-state index contributed by atoms with van der Waals surface area (Å²) in [6, 6.07) is 3.70. The monoisotopic (exact) mass is 372 g/mol. The van der Waals surface area contributed by atoms with Crippen LogP contribution in [0.1, 0.15) is 48.9 Å². The quantitative estimate of drug-likeness (QED) is 0.678. The summed E-state index contributed by atoms with van der Waals surface area (Å²) in [5.74, 6) is 0.383. The highest BCUT2D eigenvalue weighted by molar-refractivity contribution is 5.76. The van der Waals surface area contributed by atoms with Crippen molar-refractivity contribution in [1.29, 1.82) is 0 Å². The first-order valence-electron chi connectivity index (χ1n) is 9.22. The number of hydrogen-bond acceptors (Lipinski definition) is 5. The van der Waals surface area contributed by atoms with Gasteiger partial charge in [0.05, 0.1) is 0 Å². The largest absolute Gasteiger partial charge is 0.474 e. The predicted octanol–water partition coefficient (Wildman–Crippen LogP) is 1.34. The summed E-state index contributed by atoms with van der Waals surface area (Å²) in [7, 11) is 0. The normalized spacial score (nSPS) is 14.3. The van der Waals surface area contributed by atoms with Crippen LogP contribution in [0.4, 0.5) is 0 Å². The van der Waals surface area contributed by atoms with Gasteiger partial charge in [-0.15, -0.1) is 0 Å². The van der Waals surface area contributed by atoms with Crippen molar-refractivity contribution < 1.29 is 9.53 Å². The second-order valence-corrected chi connectivity index (χ2v) is 6.78. The Hall–Kier alpha value is -2.90. The number of pyridine rings is 1. The molecule has 2 heterocycles. The van der Waals surface area contributed by atoms with Gasteiger partial charge in [-0.1, -0.05) is 6.07 Å². The van der Waals surface area contributed by atoms with Crippen LogP contribution < -0.4 is 21.3 Å². The highest BCUT2D eigenvalue weighted by Gasteiger charge is 2.18. The maximum Gasteiger partial charge on any atom is 0.325 e. The number of H-pyrrole nitrogens is 2. The van der Waals surface area contributed by atoms with Gasteiger partial charge in [-0.25, -0.2) is 9.78 Å². The third kappa shape index (κ3) is 5.06. The van der Waals surface area contributed by atoms with Gasteiger partial charge in [-0.3, -0.25) is 14.6 Å². The van der Waals surface area contributed by atoms with Crippen molar-refractivity contribution in [3.8, 4) is 5.88 Å². The van der Waals surface area contributed by atoms with E-state index < -0.39 is 11.2 Å². The van der Waals surface area contributed by atoms with Gasteiger partial charge in [-0.2, -0.15) is 0 Å². The molecule has 0 aliphatic heterocycles. The summed E-state index contributed by atoms with van der Waals surface area (Å²) in [5, 5.41) is 2.84. The fourth-order valence-electron chi connectivity index (χ4n) is 3.28. The van der Waals surface area contributed by atoms with E-state index in [0.717, 1.165) is 18.4 Å². The molecule has 0 saturated heterocycles. The van der Waals surface area contributed by atoms with Crippen molar-refractivity contribution in [2.24, 2.45) is 0 Å². The van der Waals surface area contributed by atoms with E-state index in [0.29, 0.717) is 23.7 Å². The lowest BCUT2D eigenvalue weighted by Crippen LogP contribution is -2.29. The van der Waals surface area contributed by atoms with E-state index in [9.17, 15) is 14.4 Å². The van der Waals surface area contributed by atoms with Gasteiger partial charge in [-0.05, 0) is 45.1 Å². The molecule has 1 saturated carbocycles. The minimum atomic E-state index is -0.544. The number of rotatable bonds is 7. The Morgan fingerprint density at radius 1 is 1.30 bits per heavy atom. The number of carbonyl (C=O) groups is 1. The van der Waals surface area contributed by atoms with E-state index in [4.69, 9.17) is 4.74 Å². The average Bonchev–Trinajstić information content (AvgIpc) is 3.13. The van der Waals surface area contributed by atoms with Crippen molar-refractivity contribution in [1.82, 2.24) is 20.3 Å². The molecule has 27 heavy (non-hydrogen) atoms. The summed E-state index contributed by atoms with van der Waals surface area (Å²) < 4.78 is 5.97. The lowest BCUT2D eigenvalue weighted by atomic mass is 10.1. The van der Waals surface area contributed by atoms with Crippen molar-refractivity contribution in [3.63, 3.8) is 0 Å². The van der Waals surface area contributed by atoms with Crippen LogP contribution in [0.2, 0.25) is 0 Å². The number of amides is 1. The van der Waals surface area contributed by atoms with E-state index in [-0.39, 0.29) is 24.9 Å². The zero-order chi connectivity index (χ0) is 19.2. The van der Waals surface area contributed by atoms with Crippen LogP contribution in [0.25, 0.3) is 0 Å². The Kier molecular flexibility index (Phi) is 6.05. The van der Waals surface area contributed by atoms with Crippen molar-refractivity contribution in [2.75, 3.05) is 0 Å². The molecule has 2 aromatic heterocycles. The molecule has 8 nitrogen and oxygen atoms in total. The van der Waals surface area contributed by atoms with Gasteiger partial charge in [0, 0.05) is 36.0 Å². The fraction of sp³-hybridized carbons (Fsp3) is 0.474. The molecule has 0 unspecified atom stereocenters. The molecule has 1 amide bonds. The minimum absolute atomic E-state index is 0.148. The van der Waals surface area contributed by atoms with Gasteiger partial charge >= 0.3 is 5.69 Å². The van der Waals surface area contributed by atoms with Crippen LogP contribution in [0.3, 0.4) is 0 Å². The third-order valence-corrected chi connectivity index (χ3v) is 4.76. The molecule has 0 spiro atoms. The lowest BCUT2D eigenvalue weighted by Gasteiger charge is -2.15. The SMILES string of the molecule is Cc1[nH]c(=O)[nH]c(=O)c1CCC(=O)NCc1cccnc1OC1CCCC1. The molecule has 2 aromatic rings. The molecule has 0 bridgehead atoms. The van der Waals surface area contributed by atoms with Crippen LogP contribution in [0.15, 0.2) is 27.9 Å². The van der Waals surface area contributed by atoms with E-state index >= 15 is 0 Å². The Morgan fingerprint density at radius 3 is 2.81 bits per heavy atom. The van der Waals surface area contributed by atoms with Gasteiger partial charge in [0.1, 0.15) is 6.10 Å². The van der Waals surface area contributed by atoms with E-state index in [2.05, 4.69) is 20.3 Å². The number of nitrogens with one attached hydrogen (secondary N) is 3. The Labute approximate surface area is 156 Å². The number of nitrogens with zero attached hydrogens (tertiary/aromatic N) is 1. The van der Waals surface area contributed by atoms with Crippen molar-refractivity contribution in [3.05, 3.63) is 56.0 Å². The van der Waals surface area contributed by atoms with Gasteiger partial charge in [0.25, 0.3) is 5.56 Å². The van der Waals surface area contributed by atoms with Crippen LogP contribution in [0.5, 0.6) is 5.88 Å². The molecule has 0 atom stereocenters. The Morgan fingerprint density at radius 2 is 2.07 bits per heavy atom. The molecule has 1 aliphatic carbocycles. The summed E-state index contributed by atoms with van der Waals surface area (Å²) >= 11 is 0. The molecule has 0 aromatic carbocycles. The standard InChI is InChI=1S/C19H24N4O4/c1-12-15(17(25)23-19(26)22-12)8-9-16(24)21-11-13-5-4-10-20-18(13)27-14-6-2-3-7-14/h4-5,10,14H,2-3,6-9,11H2,1H3,(H,21,24)(H2,22,23,25,26). The number of aromatic amines is 2. The molecule has 144 valence electrons. The minimum Gasteiger partial charge on any atom is -0.474 e. The first-order valence-corrected chi connectivity index (χ1v) is 9.22. The number of aryl methyl sites for hydroxylation is 1. The number of aromatic nitrogens is 3. The number of ether oxygens (including phenoxy) is 1. The van der Waals surface area contributed by atoms with Gasteiger partial charge in [0.2, 0.25) is 11.8 Å². The molecular weight excluding hydrogens is 348 g/mol. The van der Waals surface area contributed by atoms with Crippen LogP contribution in [-0.4, -0.2) is 27.0 Å². The lowest BCUT2D eigenvalue weighted by molar-refractivity contribution is -0.121. The summed E-state index contributed by atoms with van der Waals surface area (Å²) in [4.78, 5) is 44.2. The summed E-state index contributed by atoms with van der Waals surface area (Å²) in [6.45, 7) is 1.96. The molecule has 3 N–H and O–H groups in total. The molecule has 0 radical (unpaired) electrons. The topological polar surface area (TPSA) is 117 Å². The maximum absolute atomic E-state index is 12.2. The van der Waals surface area contributed by atoms with E-state index in [1.54, 1.807) is 13.1 Å². The number of hydrogen-bond donors (Lipinski definition) is 3. The smallest absolute Gasteiger partial charge is 0.325 e. The third-order valence-electron chi connectivity index (χ3n) is 4.76. The van der Waals surface area contributed by atoms with Crippen molar-refractivity contribution >= 4 is 5.91 Å². The molecule has 1 aliphatic rings. The molecular formula is C19H24N4O4. The highest BCUT2D eigenvalue weighted by atomic mass is 16.5. The summed E-state index contributed by atoms with van der Waals surface area (Å²) in [5.41, 5.74) is 0.726. The Bertz CT molecular complexity index is 912. The summed E-state index contributed by atoms with van der Waals surface area (Å²) in [6.07, 6.45) is 6.70. The Balaban J connectivity index is 1.55. The van der Waals surface area contributed by atoms with Gasteiger partial charge in [0.15, 0.2) is 0 Å². The molecule has 8 heteroatoms. The van der Waals surface area contributed by atoms with Crippen LogP contribution in [-0.2, 0) is 17.8 Å². The number of carbonyl (C=O) groups excluding carboxylic acids is 1. The predicted molar refractivity (Wildman–Crippen MR) is 99.7 cm³/mol. The van der Waals surface area contributed by atoms with Crippen LogP contribution in [0, 0.1) is 6.92 Å². The second kappa shape index (κ2) is 8.66. The van der Waals surface area contributed by atoms with E-state index in [1.165, 1.54) is 12.8 Å². The molecule has 1 fully saturated rings. The first kappa shape index (κ1) is 18.9. The van der Waals surface area contributed by atoms with Crippen LogP contribution >= 0.6 is 0 Å². The van der Waals surface area contributed by atoms with Crippen molar-refractivity contribution in [2.45, 2.75) is 58.1 Å². The van der Waals surface area contributed by atoms with E-state index in [1.807, 2.05) is 12.1 Å². The zero-order valence-corrected chi connectivity index (χ0v) is 15.3. The average molecular weight is 372 g/mol. The second-order valence-electron chi connectivity index (χ2n) is 6.78. The van der Waals surface area contributed by atoms with Gasteiger partial charge < -0.3 is 15.0 Å². The fourth-order valence-corrected chi connectivity index (χ4v) is 3.28. The maximum atomic E-state index is 12.2. The molecule has 3 rings (SSSR count). The highest BCUT2D eigenvalue weighted by Crippen LogP contribution is 2.24.